The third-order valence-electron chi connectivity index (χ3n) is 3.36. The minimum absolute atomic E-state index is 0.421. The van der Waals surface area contributed by atoms with Gasteiger partial charge in [-0.25, -0.2) is 0 Å². The maximum atomic E-state index is 11.6. The van der Waals surface area contributed by atoms with Crippen molar-refractivity contribution in [3.63, 3.8) is 0 Å². The Morgan fingerprint density at radius 2 is 1.50 bits per heavy atom. The molecule has 1 aliphatic rings. The zero-order chi connectivity index (χ0) is 21.5. The Labute approximate surface area is 166 Å². The molecule has 0 aromatic rings. The van der Waals surface area contributed by atoms with Gasteiger partial charge in [-0.2, -0.15) is 5.26 Å². The van der Waals surface area contributed by atoms with Crippen molar-refractivity contribution in [2.24, 2.45) is 0 Å². The SMILES string of the molecule is CC(=O)OC[C@H]1O[C@@](S)(OCC#N)[C@H](OC(C)=O)[C@@H](OC(C)=O)[C@H]1OC(C)=O. The Morgan fingerprint density at radius 3 is 1.96 bits per heavy atom. The van der Waals surface area contributed by atoms with E-state index in [0.29, 0.717) is 0 Å². The van der Waals surface area contributed by atoms with Crippen molar-refractivity contribution < 1.29 is 47.6 Å². The van der Waals surface area contributed by atoms with E-state index in [1.807, 2.05) is 0 Å². The van der Waals surface area contributed by atoms with Crippen LogP contribution in [0.5, 0.6) is 0 Å². The Hall–Kier alpha value is -2.36. The second-order valence-electron chi connectivity index (χ2n) is 5.71. The second-order valence-corrected chi connectivity index (χ2v) is 6.34. The number of nitriles is 1. The number of ether oxygens (including phenoxy) is 6. The normalized spacial score (nSPS) is 29.1. The van der Waals surface area contributed by atoms with E-state index in [1.54, 1.807) is 6.07 Å². The van der Waals surface area contributed by atoms with E-state index in [-0.39, 0.29) is 0 Å². The monoisotopic (exact) mass is 419 g/mol. The van der Waals surface area contributed by atoms with Crippen LogP contribution < -0.4 is 0 Å². The lowest BCUT2D eigenvalue weighted by atomic mass is 9.97. The fraction of sp³-hybridized carbons (Fsp3) is 0.688. The van der Waals surface area contributed by atoms with Gasteiger partial charge in [-0.1, -0.05) is 0 Å². The number of esters is 4. The first-order valence-electron chi connectivity index (χ1n) is 8.06. The lowest BCUT2D eigenvalue weighted by Gasteiger charge is -2.48. The summed E-state index contributed by atoms with van der Waals surface area (Å²) >= 11 is 4.23. The number of hydrogen-bond acceptors (Lipinski definition) is 12. The molecule has 12 heteroatoms. The van der Waals surface area contributed by atoms with Gasteiger partial charge in [0.2, 0.25) is 6.10 Å². The molecule has 5 atom stereocenters. The minimum Gasteiger partial charge on any atom is -0.463 e. The largest absolute Gasteiger partial charge is 0.463 e. The van der Waals surface area contributed by atoms with Crippen molar-refractivity contribution in [3.05, 3.63) is 0 Å². The maximum absolute atomic E-state index is 11.6. The van der Waals surface area contributed by atoms with Gasteiger partial charge in [0.1, 0.15) is 19.3 Å². The fourth-order valence-corrected chi connectivity index (χ4v) is 2.90. The lowest BCUT2D eigenvalue weighted by molar-refractivity contribution is -0.321. The van der Waals surface area contributed by atoms with Gasteiger partial charge in [0.25, 0.3) is 5.12 Å². The van der Waals surface area contributed by atoms with Crippen molar-refractivity contribution in [2.75, 3.05) is 13.2 Å². The molecule has 0 saturated carbocycles. The molecular weight excluding hydrogens is 398 g/mol. The highest BCUT2D eigenvalue weighted by atomic mass is 32.1. The summed E-state index contributed by atoms with van der Waals surface area (Å²) in [6.07, 6.45) is -5.46. The van der Waals surface area contributed by atoms with Crippen LogP contribution in [-0.2, 0) is 47.6 Å². The average Bonchev–Trinajstić information content (AvgIpc) is 2.56. The Morgan fingerprint density at radius 1 is 0.964 bits per heavy atom. The van der Waals surface area contributed by atoms with Gasteiger partial charge in [0.05, 0.1) is 6.07 Å². The zero-order valence-electron chi connectivity index (χ0n) is 15.7. The molecule has 0 aromatic carbocycles. The van der Waals surface area contributed by atoms with Gasteiger partial charge in [-0.15, -0.1) is 12.6 Å². The van der Waals surface area contributed by atoms with Crippen LogP contribution in [0.3, 0.4) is 0 Å². The molecule has 1 rings (SSSR count). The van der Waals surface area contributed by atoms with Crippen molar-refractivity contribution in [1.29, 1.82) is 5.26 Å². The van der Waals surface area contributed by atoms with E-state index >= 15 is 0 Å². The molecule has 0 bridgehead atoms. The first-order valence-corrected chi connectivity index (χ1v) is 8.51. The van der Waals surface area contributed by atoms with Gasteiger partial charge in [-0.3, -0.25) is 19.2 Å². The van der Waals surface area contributed by atoms with Crippen LogP contribution in [0.4, 0.5) is 0 Å². The summed E-state index contributed by atoms with van der Waals surface area (Å²) in [5.41, 5.74) is 0. The summed E-state index contributed by atoms with van der Waals surface area (Å²) < 4.78 is 31.3. The molecule has 1 heterocycles. The summed E-state index contributed by atoms with van der Waals surface area (Å²) in [7, 11) is 0. The molecule has 0 amide bonds. The topological polar surface area (TPSA) is 147 Å². The van der Waals surface area contributed by atoms with Crippen LogP contribution in [0, 0.1) is 11.3 Å². The van der Waals surface area contributed by atoms with Gasteiger partial charge in [-0.05, 0) is 0 Å². The molecule has 0 aromatic heterocycles. The van der Waals surface area contributed by atoms with Crippen molar-refractivity contribution in [2.45, 2.75) is 57.2 Å². The molecule has 0 aliphatic carbocycles. The molecule has 1 fully saturated rings. The van der Waals surface area contributed by atoms with E-state index in [0.717, 1.165) is 27.7 Å². The van der Waals surface area contributed by atoms with Crippen molar-refractivity contribution in [1.82, 2.24) is 0 Å². The van der Waals surface area contributed by atoms with Crippen LogP contribution in [0.15, 0.2) is 0 Å². The van der Waals surface area contributed by atoms with E-state index in [4.69, 9.17) is 33.7 Å². The van der Waals surface area contributed by atoms with Crippen LogP contribution >= 0.6 is 12.6 Å². The molecule has 0 radical (unpaired) electrons. The third kappa shape index (κ3) is 6.66. The molecule has 11 nitrogen and oxygen atoms in total. The molecule has 0 unspecified atom stereocenters. The Kier molecular flexibility index (Phi) is 8.67. The van der Waals surface area contributed by atoms with Crippen molar-refractivity contribution in [3.8, 4) is 6.07 Å². The number of carbonyl (C=O) groups excluding carboxylic acids is 4. The predicted octanol–water partition coefficient (Wildman–Crippen LogP) is -0.133. The molecule has 28 heavy (non-hydrogen) atoms. The summed E-state index contributed by atoms with van der Waals surface area (Å²) in [6, 6.07) is 1.71. The number of carbonyl (C=O) groups is 4. The predicted molar refractivity (Wildman–Crippen MR) is 91.5 cm³/mol. The summed E-state index contributed by atoms with van der Waals surface area (Å²) in [5.74, 6) is -3.00. The molecule has 0 spiro atoms. The van der Waals surface area contributed by atoms with E-state index in [2.05, 4.69) is 12.6 Å². The fourth-order valence-electron chi connectivity index (χ4n) is 2.50. The minimum atomic E-state index is -2.07. The van der Waals surface area contributed by atoms with Gasteiger partial charge in [0, 0.05) is 27.7 Å². The highest BCUT2D eigenvalue weighted by Gasteiger charge is 2.59. The second kappa shape index (κ2) is 10.3. The van der Waals surface area contributed by atoms with Crippen LogP contribution in [0.2, 0.25) is 0 Å². The van der Waals surface area contributed by atoms with Crippen LogP contribution in [-0.4, -0.2) is 66.6 Å². The highest BCUT2D eigenvalue weighted by molar-refractivity contribution is 7.81. The smallest absolute Gasteiger partial charge is 0.303 e. The Bertz CT molecular complexity index is 662. The average molecular weight is 419 g/mol. The maximum Gasteiger partial charge on any atom is 0.303 e. The third-order valence-corrected chi connectivity index (χ3v) is 3.85. The van der Waals surface area contributed by atoms with Crippen molar-refractivity contribution >= 4 is 36.5 Å². The number of rotatable bonds is 7. The zero-order valence-corrected chi connectivity index (χ0v) is 16.6. The van der Waals surface area contributed by atoms with Gasteiger partial charge in [0.15, 0.2) is 12.2 Å². The van der Waals surface area contributed by atoms with Gasteiger partial charge < -0.3 is 28.4 Å². The molecule has 1 aliphatic heterocycles. The highest BCUT2D eigenvalue weighted by Crippen LogP contribution is 2.39. The molecule has 156 valence electrons. The molecular formula is C16H21NO10S. The number of nitrogens with zero attached hydrogens (tertiary/aromatic N) is 1. The van der Waals surface area contributed by atoms with E-state index in [1.165, 1.54) is 0 Å². The molecule has 0 N–H and O–H groups in total. The quantitative estimate of drug-likeness (QED) is 0.254. The number of hydrogen-bond donors (Lipinski definition) is 1. The van der Waals surface area contributed by atoms with E-state index in [9.17, 15) is 19.2 Å². The first kappa shape index (κ1) is 23.7. The van der Waals surface area contributed by atoms with Crippen LogP contribution in [0.25, 0.3) is 0 Å². The standard InChI is InChI=1S/C16H21NO10S/c1-8(18)22-7-12-13(24-9(2)19)14(25-10(3)20)15(26-11(4)21)16(28,27-12)23-6-5-17/h12-15,28H,6-7H2,1-4H3/t12-,13+,14+,15-,16+/m1/s1. The first-order chi connectivity index (χ1) is 13.0. The van der Waals surface area contributed by atoms with E-state index < -0.39 is 66.6 Å². The lowest BCUT2D eigenvalue weighted by Crippen LogP contribution is -2.67. The summed E-state index contributed by atoms with van der Waals surface area (Å²) in [6.45, 7) is 3.47. The summed E-state index contributed by atoms with van der Waals surface area (Å²) in [5, 5.41) is 6.74. The number of thiol groups is 1. The Balaban J connectivity index is 3.39. The van der Waals surface area contributed by atoms with Crippen LogP contribution in [0.1, 0.15) is 27.7 Å². The van der Waals surface area contributed by atoms with Gasteiger partial charge >= 0.3 is 23.9 Å². The molecule has 1 saturated heterocycles. The summed E-state index contributed by atoms with van der Waals surface area (Å²) in [4.78, 5) is 46.0.